The van der Waals surface area contributed by atoms with Crippen molar-refractivity contribution >= 4 is 11.0 Å². The number of fused-ring (bicyclic) bond motifs is 2. The monoisotopic (exact) mass is 213 g/mol. The van der Waals surface area contributed by atoms with E-state index in [1.165, 1.54) is 0 Å². The topological polar surface area (TPSA) is 26.0 Å². The summed E-state index contributed by atoms with van der Waals surface area (Å²) < 4.78 is 8.44. The van der Waals surface area contributed by atoms with E-state index in [-0.39, 0.29) is 11.1 Å². The lowest BCUT2D eigenvalue weighted by Crippen LogP contribution is -2.53. The molecule has 0 N–H and O–H groups in total. The van der Waals surface area contributed by atoms with Crippen molar-refractivity contribution in [1.29, 1.82) is 0 Å². The summed E-state index contributed by atoms with van der Waals surface area (Å²) in [6, 6.07) is 6.06. The third-order valence-corrected chi connectivity index (χ3v) is 4.21. The first kappa shape index (κ1) is 8.50. The van der Waals surface area contributed by atoms with Gasteiger partial charge in [-0.1, -0.05) is 0 Å². The second-order valence-electron chi connectivity index (χ2n) is 5.20. The number of hydrogen-bond donors (Lipinski definition) is 0. The van der Waals surface area contributed by atoms with E-state index in [0.29, 0.717) is 0 Å². The molecule has 0 amide bonds. The van der Waals surface area contributed by atoms with Gasteiger partial charge in [0.15, 0.2) is 17.5 Å². The lowest BCUT2D eigenvalue weighted by molar-refractivity contribution is -0.722. The fraction of sp³-hybridized carbons (Fsp3) is 0.385. The molecule has 2 aromatic rings. The molecule has 1 aliphatic heterocycles. The molecule has 0 saturated heterocycles. The first-order chi connectivity index (χ1) is 7.64. The van der Waals surface area contributed by atoms with E-state index in [2.05, 4.69) is 35.7 Å². The molecule has 2 aliphatic rings. The minimum atomic E-state index is -0.0414. The Bertz CT molecular complexity index is 619. The third kappa shape index (κ3) is 0.742. The SMILES string of the molecule is CC12C[C@]1(C)[n+]1cccc3nccc(c31)O2. The fourth-order valence-electron chi connectivity index (χ4n) is 2.95. The van der Waals surface area contributed by atoms with Gasteiger partial charge < -0.3 is 4.74 Å². The van der Waals surface area contributed by atoms with Gasteiger partial charge in [-0.25, -0.2) is 4.98 Å². The van der Waals surface area contributed by atoms with Crippen LogP contribution in [-0.4, -0.2) is 10.6 Å². The van der Waals surface area contributed by atoms with Crippen LogP contribution in [0.3, 0.4) is 0 Å². The number of pyridine rings is 2. The van der Waals surface area contributed by atoms with Crippen molar-refractivity contribution in [2.24, 2.45) is 0 Å². The number of ether oxygens (including phenoxy) is 1. The standard InChI is InChI=1S/C13H13N2O/c1-12-8-13(12,2)16-10-5-6-14-9-4-3-7-15(12)11(9)10/h3-7H,8H2,1-2H3/q+1/t12-,13?/m0/s1. The Kier molecular flexibility index (Phi) is 1.18. The predicted molar refractivity (Wildman–Crippen MR) is 59.2 cm³/mol. The lowest BCUT2D eigenvalue weighted by Gasteiger charge is -2.23. The van der Waals surface area contributed by atoms with Crippen LogP contribution in [0.5, 0.6) is 5.75 Å². The van der Waals surface area contributed by atoms with Crippen LogP contribution in [0, 0.1) is 0 Å². The Balaban J connectivity index is 2.18. The van der Waals surface area contributed by atoms with Crippen LogP contribution in [-0.2, 0) is 5.54 Å². The molecule has 0 aromatic carbocycles. The predicted octanol–water partition coefficient (Wildman–Crippen LogP) is 1.79. The van der Waals surface area contributed by atoms with Gasteiger partial charge in [0.25, 0.3) is 5.52 Å². The second-order valence-corrected chi connectivity index (χ2v) is 5.20. The van der Waals surface area contributed by atoms with Crippen LogP contribution in [0.2, 0.25) is 0 Å². The molecular formula is C13H13N2O+. The Hall–Kier alpha value is -1.64. The normalized spacial score (nSPS) is 34.4. The largest absolute Gasteiger partial charge is 0.473 e. The highest BCUT2D eigenvalue weighted by molar-refractivity contribution is 5.78. The molecule has 1 unspecified atom stereocenters. The highest BCUT2D eigenvalue weighted by Crippen LogP contribution is 2.56. The van der Waals surface area contributed by atoms with E-state index in [1.807, 2.05) is 18.3 Å². The summed E-state index contributed by atoms with van der Waals surface area (Å²) in [6.07, 6.45) is 5.02. The van der Waals surface area contributed by atoms with Gasteiger partial charge in [0.05, 0.1) is 6.42 Å². The number of aromatic nitrogens is 2. The molecule has 3 heteroatoms. The summed E-state index contributed by atoms with van der Waals surface area (Å²) in [6.45, 7) is 4.44. The van der Waals surface area contributed by atoms with E-state index in [1.54, 1.807) is 0 Å². The van der Waals surface area contributed by atoms with Crippen molar-refractivity contribution in [2.75, 3.05) is 0 Å². The Morgan fingerprint density at radius 2 is 2.25 bits per heavy atom. The maximum absolute atomic E-state index is 6.11. The van der Waals surface area contributed by atoms with Crippen LogP contribution >= 0.6 is 0 Å². The Morgan fingerprint density at radius 1 is 1.38 bits per heavy atom. The van der Waals surface area contributed by atoms with E-state index >= 15 is 0 Å². The fourth-order valence-corrected chi connectivity index (χ4v) is 2.95. The van der Waals surface area contributed by atoms with Gasteiger partial charge in [-0.3, -0.25) is 0 Å². The molecule has 1 aliphatic carbocycles. The Morgan fingerprint density at radius 3 is 3.12 bits per heavy atom. The minimum absolute atomic E-state index is 0.0414. The smallest absolute Gasteiger partial charge is 0.274 e. The average molecular weight is 213 g/mol. The van der Waals surface area contributed by atoms with E-state index in [9.17, 15) is 0 Å². The van der Waals surface area contributed by atoms with Crippen molar-refractivity contribution in [3.05, 3.63) is 30.6 Å². The third-order valence-electron chi connectivity index (χ3n) is 4.21. The molecule has 0 radical (unpaired) electrons. The number of rotatable bonds is 0. The van der Waals surface area contributed by atoms with Crippen LogP contribution in [0.4, 0.5) is 0 Å². The molecule has 0 spiro atoms. The van der Waals surface area contributed by atoms with Gasteiger partial charge in [0.2, 0.25) is 5.54 Å². The molecule has 3 heterocycles. The Labute approximate surface area is 93.7 Å². The van der Waals surface area contributed by atoms with Crippen molar-refractivity contribution in [3.63, 3.8) is 0 Å². The van der Waals surface area contributed by atoms with Gasteiger partial charge in [-0.15, -0.1) is 0 Å². The number of hydrogen-bond acceptors (Lipinski definition) is 2. The summed E-state index contributed by atoms with van der Waals surface area (Å²) in [7, 11) is 0. The van der Waals surface area contributed by atoms with Gasteiger partial charge in [0, 0.05) is 25.3 Å². The summed E-state index contributed by atoms with van der Waals surface area (Å²) in [5.41, 5.74) is 2.20. The van der Waals surface area contributed by atoms with E-state index in [4.69, 9.17) is 4.74 Å². The van der Waals surface area contributed by atoms with Crippen LogP contribution in [0.1, 0.15) is 20.3 Å². The van der Waals surface area contributed by atoms with Crippen LogP contribution in [0.25, 0.3) is 11.0 Å². The second kappa shape index (κ2) is 2.21. The van der Waals surface area contributed by atoms with Gasteiger partial charge in [-0.2, -0.15) is 4.57 Å². The molecule has 16 heavy (non-hydrogen) atoms. The van der Waals surface area contributed by atoms with Gasteiger partial charge in [0.1, 0.15) is 5.52 Å². The summed E-state index contributed by atoms with van der Waals surface area (Å²) >= 11 is 0. The summed E-state index contributed by atoms with van der Waals surface area (Å²) in [5, 5.41) is 0. The summed E-state index contributed by atoms with van der Waals surface area (Å²) in [4.78, 5) is 4.39. The first-order valence-corrected chi connectivity index (χ1v) is 5.63. The zero-order valence-electron chi connectivity index (χ0n) is 9.40. The van der Waals surface area contributed by atoms with Crippen molar-refractivity contribution in [2.45, 2.75) is 31.4 Å². The van der Waals surface area contributed by atoms with Crippen LogP contribution in [0.15, 0.2) is 30.6 Å². The van der Waals surface area contributed by atoms with Gasteiger partial charge in [-0.05, 0) is 13.0 Å². The molecule has 3 nitrogen and oxygen atoms in total. The van der Waals surface area contributed by atoms with Crippen LogP contribution < -0.4 is 9.30 Å². The van der Waals surface area contributed by atoms with E-state index in [0.717, 1.165) is 23.2 Å². The minimum Gasteiger partial charge on any atom is -0.473 e. The van der Waals surface area contributed by atoms with Gasteiger partial charge >= 0.3 is 0 Å². The molecule has 2 atom stereocenters. The summed E-state index contributed by atoms with van der Waals surface area (Å²) in [5.74, 6) is 0.961. The van der Waals surface area contributed by atoms with Crippen molar-refractivity contribution in [3.8, 4) is 5.75 Å². The number of nitrogens with zero attached hydrogens (tertiary/aromatic N) is 2. The van der Waals surface area contributed by atoms with Crippen molar-refractivity contribution < 1.29 is 9.30 Å². The lowest BCUT2D eigenvalue weighted by atomic mass is 10.1. The molecule has 4 rings (SSSR count). The molecule has 1 fully saturated rings. The van der Waals surface area contributed by atoms with E-state index < -0.39 is 0 Å². The molecular weight excluding hydrogens is 200 g/mol. The highest BCUT2D eigenvalue weighted by atomic mass is 16.5. The molecule has 2 aromatic heterocycles. The quantitative estimate of drug-likeness (QED) is 0.624. The van der Waals surface area contributed by atoms with Crippen molar-refractivity contribution in [1.82, 2.24) is 4.98 Å². The maximum Gasteiger partial charge on any atom is 0.274 e. The maximum atomic E-state index is 6.11. The zero-order valence-corrected chi connectivity index (χ0v) is 9.40. The molecule has 80 valence electrons. The molecule has 1 saturated carbocycles. The first-order valence-electron chi connectivity index (χ1n) is 5.63. The molecule has 0 bridgehead atoms. The highest BCUT2D eigenvalue weighted by Gasteiger charge is 2.74. The average Bonchev–Trinajstić information content (AvgIpc) is 2.83. The zero-order chi connectivity index (χ0) is 11.0.